The van der Waals surface area contributed by atoms with Crippen LogP contribution in [0.4, 0.5) is 5.69 Å². The molecule has 6 heteroatoms. The Bertz CT molecular complexity index is 604. The van der Waals surface area contributed by atoms with E-state index < -0.39 is 0 Å². The Morgan fingerprint density at radius 3 is 2.52 bits per heavy atom. The van der Waals surface area contributed by atoms with Crippen LogP contribution in [0.2, 0.25) is 0 Å². The Labute approximate surface area is 181 Å². The summed E-state index contributed by atoms with van der Waals surface area (Å²) in [4.78, 5) is 9.93. The lowest BCUT2D eigenvalue weighted by Crippen LogP contribution is -2.58. The average Bonchev–Trinajstić information content (AvgIpc) is 2.69. The molecule has 2 saturated heterocycles. The van der Waals surface area contributed by atoms with Crippen molar-refractivity contribution < 1.29 is 0 Å². The number of aryl methyl sites for hydroxylation is 1. The number of nitrogens with two attached hydrogens (primary N) is 1. The largest absolute Gasteiger partial charge is 0.370 e. The average molecular weight is 485 g/mol. The Hall–Kier alpha value is -0.860. The second-order valence-corrected chi connectivity index (χ2v) is 7.96. The van der Waals surface area contributed by atoms with Gasteiger partial charge in [0.05, 0.1) is 6.54 Å². The number of hydrogen-bond acceptors (Lipinski definition) is 3. The van der Waals surface area contributed by atoms with Gasteiger partial charge in [0.15, 0.2) is 5.96 Å². The molecule has 3 N–H and O–H groups in total. The van der Waals surface area contributed by atoms with Crippen LogP contribution in [0.3, 0.4) is 0 Å². The first-order valence-electron chi connectivity index (χ1n) is 10.2. The van der Waals surface area contributed by atoms with Crippen molar-refractivity contribution in [1.29, 1.82) is 0 Å². The number of rotatable bonds is 5. The molecular weight excluding hydrogens is 449 g/mol. The number of guanidine groups is 1. The smallest absolute Gasteiger partial charge is 0.193 e. The van der Waals surface area contributed by atoms with Crippen molar-refractivity contribution in [1.82, 2.24) is 9.80 Å². The van der Waals surface area contributed by atoms with Gasteiger partial charge in [0.1, 0.15) is 0 Å². The topological polar surface area (TPSA) is 56.9 Å². The van der Waals surface area contributed by atoms with Gasteiger partial charge in [-0.15, -0.1) is 24.0 Å². The summed E-state index contributed by atoms with van der Waals surface area (Å²) >= 11 is 0. The zero-order valence-corrected chi connectivity index (χ0v) is 19.2. The number of aliphatic imine (C=N–C) groups is 1. The Morgan fingerprint density at radius 1 is 1.15 bits per heavy atom. The highest BCUT2D eigenvalue weighted by Crippen LogP contribution is 2.31. The molecule has 152 valence electrons. The van der Waals surface area contributed by atoms with Gasteiger partial charge in [0.2, 0.25) is 0 Å². The van der Waals surface area contributed by atoms with Crippen LogP contribution in [0.5, 0.6) is 0 Å². The molecule has 0 unspecified atom stereocenters. The summed E-state index contributed by atoms with van der Waals surface area (Å²) in [7, 11) is 2.22. The van der Waals surface area contributed by atoms with E-state index in [-0.39, 0.29) is 29.5 Å². The van der Waals surface area contributed by atoms with Crippen LogP contribution < -0.4 is 11.1 Å². The number of likely N-dealkylation sites (tertiary alicyclic amines) is 2. The lowest BCUT2D eigenvalue weighted by molar-refractivity contribution is 0.0209. The van der Waals surface area contributed by atoms with Crippen LogP contribution in [0.1, 0.15) is 44.6 Å². The van der Waals surface area contributed by atoms with Crippen LogP contribution in [0.15, 0.2) is 29.3 Å². The van der Waals surface area contributed by atoms with Gasteiger partial charge in [0, 0.05) is 11.2 Å². The van der Waals surface area contributed by atoms with Crippen LogP contribution in [-0.2, 0) is 6.42 Å². The van der Waals surface area contributed by atoms with Gasteiger partial charge in [0.25, 0.3) is 0 Å². The van der Waals surface area contributed by atoms with Crippen molar-refractivity contribution in [2.24, 2.45) is 10.7 Å². The third-order valence-electron chi connectivity index (χ3n) is 6.10. The minimum Gasteiger partial charge on any atom is -0.370 e. The highest BCUT2D eigenvalue weighted by atomic mass is 127. The molecule has 0 aliphatic carbocycles. The zero-order chi connectivity index (χ0) is 18.4. The monoisotopic (exact) mass is 485 g/mol. The molecule has 0 amide bonds. The normalized spacial score (nSPS) is 21.5. The predicted molar refractivity (Wildman–Crippen MR) is 126 cm³/mol. The number of hydrogen-bond donors (Lipinski definition) is 2. The summed E-state index contributed by atoms with van der Waals surface area (Å²) in [5.41, 5.74) is 8.76. The van der Waals surface area contributed by atoms with E-state index in [0.717, 1.165) is 31.7 Å². The van der Waals surface area contributed by atoms with E-state index >= 15 is 0 Å². The van der Waals surface area contributed by atoms with Gasteiger partial charge in [-0.05, 0) is 83.0 Å². The molecule has 0 radical (unpaired) electrons. The Morgan fingerprint density at radius 2 is 1.85 bits per heavy atom. The first-order valence-corrected chi connectivity index (χ1v) is 10.2. The van der Waals surface area contributed by atoms with Crippen LogP contribution in [0, 0.1) is 0 Å². The van der Waals surface area contributed by atoms with Gasteiger partial charge < -0.3 is 16.0 Å². The van der Waals surface area contributed by atoms with E-state index in [2.05, 4.69) is 53.4 Å². The molecule has 0 aromatic heterocycles. The molecule has 2 fully saturated rings. The van der Waals surface area contributed by atoms with Crippen LogP contribution in [0.25, 0.3) is 0 Å². The first kappa shape index (κ1) is 22.4. The molecule has 0 atom stereocenters. The highest BCUT2D eigenvalue weighted by Gasteiger charge is 2.39. The maximum Gasteiger partial charge on any atom is 0.193 e. The van der Waals surface area contributed by atoms with Crippen LogP contribution >= 0.6 is 24.0 Å². The van der Waals surface area contributed by atoms with Gasteiger partial charge in [-0.3, -0.25) is 9.89 Å². The molecule has 27 heavy (non-hydrogen) atoms. The molecular formula is C21H36IN5. The minimum atomic E-state index is 0. The summed E-state index contributed by atoms with van der Waals surface area (Å²) in [5, 5.41) is 3.28. The van der Waals surface area contributed by atoms with E-state index in [0.29, 0.717) is 5.96 Å². The van der Waals surface area contributed by atoms with Crippen molar-refractivity contribution in [2.75, 3.05) is 45.1 Å². The number of nitrogens with one attached hydrogen (secondary N) is 1. The maximum absolute atomic E-state index is 6.24. The van der Waals surface area contributed by atoms with Gasteiger partial charge >= 0.3 is 0 Å². The van der Waals surface area contributed by atoms with E-state index in [9.17, 15) is 0 Å². The van der Waals surface area contributed by atoms with E-state index in [1.807, 2.05) is 0 Å². The van der Waals surface area contributed by atoms with Crippen molar-refractivity contribution in [3.63, 3.8) is 0 Å². The molecule has 0 bridgehead atoms. The quantitative estimate of drug-likeness (QED) is 0.381. The fraction of sp³-hybridized carbons (Fsp3) is 0.667. The summed E-state index contributed by atoms with van der Waals surface area (Å²) in [6.45, 7) is 7.69. The van der Waals surface area contributed by atoms with Crippen molar-refractivity contribution in [3.8, 4) is 0 Å². The van der Waals surface area contributed by atoms with Gasteiger partial charge in [-0.1, -0.05) is 25.5 Å². The van der Waals surface area contributed by atoms with Crippen LogP contribution in [-0.4, -0.2) is 61.1 Å². The molecule has 0 spiro atoms. The van der Waals surface area contributed by atoms with E-state index in [1.165, 1.54) is 50.8 Å². The zero-order valence-electron chi connectivity index (χ0n) is 16.9. The van der Waals surface area contributed by atoms with Gasteiger partial charge in [-0.2, -0.15) is 0 Å². The highest BCUT2D eigenvalue weighted by molar-refractivity contribution is 14.0. The lowest BCUT2D eigenvalue weighted by atomic mass is 9.84. The summed E-state index contributed by atoms with van der Waals surface area (Å²) in [5.74, 6) is 0.536. The molecule has 2 heterocycles. The summed E-state index contributed by atoms with van der Waals surface area (Å²) in [6, 6.07) is 8.42. The third-order valence-corrected chi connectivity index (χ3v) is 6.10. The molecule has 1 aromatic rings. The van der Waals surface area contributed by atoms with E-state index in [1.54, 1.807) is 0 Å². The molecule has 5 nitrogen and oxygen atoms in total. The molecule has 2 aliphatic heterocycles. The number of nitrogens with zero attached hydrogens (tertiary/aromatic N) is 3. The lowest BCUT2D eigenvalue weighted by Gasteiger charge is -2.49. The summed E-state index contributed by atoms with van der Waals surface area (Å²) < 4.78 is 0. The fourth-order valence-electron chi connectivity index (χ4n) is 4.27. The van der Waals surface area contributed by atoms with Gasteiger partial charge in [-0.25, -0.2) is 0 Å². The number of anilines is 1. The SMILES string of the molecule is CCc1cccc(NC(N)=NCC2(N3CCCCC3)CCN(C)CC2)c1.I. The Kier molecular flexibility index (Phi) is 8.82. The minimum absolute atomic E-state index is 0. The predicted octanol–water partition coefficient (Wildman–Crippen LogP) is 3.54. The first-order chi connectivity index (χ1) is 12.6. The number of halogens is 1. The molecule has 0 saturated carbocycles. The second-order valence-electron chi connectivity index (χ2n) is 7.96. The summed E-state index contributed by atoms with van der Waals surface area (Å²) in [6.07, 6.45) is 7.40. The second kappa shape index (κ2) is 10.6. The van der Waals surface area contributed by atoms with Crippen molar-refractivity contribution in [2.45, 2.75) is 51.0 Å². The molecule has 2 aliphatic rings. The molecule has 1 aromatic carbocycles. The maximum atomic E-state index is 6.24. The van der Waals surface area contributed by atoms with E-state index in [4.69, 9.17) is 10.7 Å². The standard InChI is InChI=1S/C21H35N5.HI/c1-3-18-8-7-9-19(16-18)24-20(22)23-17-21(10-14-25(2)15-11-21)26-12-5-4-6-13-26;/h7-9,16H,3-6,10-15,17H2,1-2H3,(H3,22,23,24);1H. The number of benzene rings is 1. The molecule has 3 rings (SSSR count). The number of piperidine rings is 2. The Balaban J connectivity index is 0.00000261. The fourth-order valence-corrected chi connectivity index (χ4v) is 4.27. The van der Waals surface area contributed by atoms with Crippen molar-refractivity contribution in [3.05, 3.63) is 29.8 Å². The van der Waals surface area contributed by atoms with Crippen molar-refractivity contribution >= 4 is 35.6 Å². The third kappa shape index (κ3) is 6.06.